The van der Waals surface area contributed by atoms with Crippen LogP contribution in [0.1, 0.15) is 42.5 Å². The molecule has 3 N–H and O–H groups in total. The normalized spacial score (nSPS) is 14.4. The molecular weight excluding hydrogens is 338 g/mol. The van der Waals surface area contributed by atoms with Gasteiger partial charge in [-0.15, -0.1) is 11.3 Å². The number of ether oxygens (including phenoxy) is 1. The number of methoxy groups -OCH3 is 1. The molecular formula is C18H21N3O3S. The Bertz CT molecular complexity index is 768. The minimum absolute atomic E-state index is 0.0397. The van der Waals surface area contributed by atoms with E-state index >= 15 is 0 Å². The van der Waals surface area contributed by atoms with E-state index in [1.807, 2.05) is 5.38 Å². The molecule has 0 unspecified atom stereocenters. The summed E-state index contributed by atoms with van der Waals surface area (Å²) in [6.07, 6.45) is 6.76. The zero-order valence-electron chi connectivity index (χ0n) is 14.1. The summed E-state index contributed by atoms with van der Waals surface area (Å²) < 4.78 is 5.51. The fourth-order valence-corrected chi connectivity index (χ4v) is 4.03. The molecule has 1 aliphatic carbocycles. The second kappa shape index (κ2) is 7.65. The molecule has 132 valence electrons. The molecule has 7 heteroatoms. The zero-order valence-corrected chi connectivity index (χ0v) is 14.9. The van der Waals surface area contributed by atoms with Crippen molar-refractivity contribution < 1.29 is 14.3 Å². The Morgan fingerprint density at radius 2 is 2.12 bits per heavy atom. The number of hydrogen-bond acceptors (Lipinski definition) is 5. The SMILES string of the molecule is COc1c(NC(=O)CC2CCCC2)ccc(C(N)=O)c1-c1nccs1. The lowest BCUT2D eigenvalue weighted by Gasteiger charge is -2.16. The Morgan fingerprint density at radius 1 is 1.36 bits per heavy atom. The van der Waals surface area contributed by atoms with E-state index in [1.165, 1.54) is 31.3 Å². The predicted octanol–water partition coefficient (Wildman–Crippen LogP) is 3.44. The monoisotopic (exact) mass is 359 g/mol. The standard InChI is InChI=1S/C18H21N3O3S/c1-24-16-13(21-14(22)10-11-4-2-3-5-11)7-6-12(17(19)23)15(16)18-20-8-9-25-18/h6-9,11H,2-5,10H2,1H3,(H2,19,23)(H,21,22). The maximum absolute atomic E-state index is 12.4. The Labute approximate surface area is 150 Å². The molecule has 0 atom stereocenters. The number of hydrogen-bond donors (Lipinski definition) is 2. The minimum atomic E-state index is -0.563. The maximum atomic E-state index is 12.4. The van der Waals surface area contributed by atoms with Crippen LogP contribution >= 0.6 is 11.3 Å². The topological polar surface area (TPSA) is 94.3 Å². The number of rotatable bonds is 6. The van der Waals surface area contributed by atoms with Crippen molar-refractivity contribution in [2.45, 2.75) is 32.1 Å². The van der Waals surface area contributed by atoms with Crippen LogP contribution in [0.25, 0.3) is 10.6 Å². The number of carbonyl (C=O) groups is 2. The molecule has 1 heterocycles. The van der Waals surface area contributed by atoms with E-state index in [1.54, 1.807) is 18.3 Å². The third-order valence-corrected chi connectivity index (χ3v) is 5.29. The van der Waals surface area contributed by atoms with E-state index in [-0.39, 0.29) is 5.91 Å². The largest absolute Gasteiger partial charge is 0.494 e. The molecule has 1 aromatic heterocycles. The highest BCUT2D eigenvalue weighted by Gasteiger charge is 2.23. The lowest BCUT2D eigenvalue weighted by atomic mass is 10.0. The zero-order chi connectivity index (χ0) is 17.8. The molecule has 2 amide bonds. The van der Waals surface area contributed by atoms with Crippen LogP contribution in [0, 0.1) is 5.92 Å². The van der Waals surface area contributed by atoms with E-state index in [9.17, 15) is 9.59 Å². The van der Waals surface area contributed by atoms with Gasteiger partial charge in [-0.1, -0.05) is 12.8 Å². The van der Waals surface area contributed by atoms with E-state index in [2.05, 4.69) is 10.3 Å². The highest BCUT2D eigenvalue weighted by molar-refractivity contribution is 7.13. The number of carbonyl (C=O) groups excluding carboxylic acids is 2. The van der Waals surface area contributed by atoms with Crippen LogP contribution in [-0.4, -0.2) is 23.9 Å². The average Bonchev–Trinajstić information content (AvgIpc) is 3.27. The second-order valence-electron chi connectivity index (χ2n) is 6.17. The number of nitrogens with two attached hydrogens (primary N) is 1. The molecule has 1 saturated carbocycles. The Kier molecular flexibility index (Phi) is 5.33. The fourth-order valence-electron chi connectivity index (χ4n) is 3.34. The van der Waals surface area contributed by atoms with Crippen molar-refractivity contribution in [3.8, 4) is 16.3 Å². The van der Waals surface area contributed by atoms with Gasteiger partial charge in [-0.05, 0) is 30.9 Å². The molecule has 0 aliphatic heterocycles. The van der Waals surface area contributed by atoms with Gasteiger partial charge in [0.1, 0.15) is 5.01 Å². The third-order valence-electron chi connectivity index (χ3n) is 4.50. The quantitative estimate of drug-likeness (QED) is 0.826. The van der Waals surface area contributed by atoms with E-state index < -0.39 is 5.91 Å². The van der Waals surface area contributed by atoms with Crippen molar-refractivity contribution in [3.63, 3.8) is 0 Å². The molecule has 2 aromatic rings. The van der Waals surface area contributed by atoms with E-state index in [4.69, 9.17) is 10.5 Å². The number of amides is 2. The van der Waals surface area contributed by atoms with Gasteiger partial charge in [0, 0.05) is 18.0 Å². The van der Waals surface area contributed by atoms with Gasteiger partial charge in [0.2, 0.25) is 11.8 Å². The number of anilines is 1. The van der Waals surface area contributed by atoms with Crippen LogP contribution in [0.5, 0.6) is 5.75 Å². The number of benzene rings is 1. The Morgan fingerprint density at radius 3 is 2.72 bits per heavy atom. The Balaban J connectivity index is 1.93. The molecule has 1 aromatic carbocycles. The van der Waals surface area contributed by atoms with Crippen molar-refractivity contribution >= 4 is 28.8 Å². The predicted molar refractivity (Wildman–Crippen MR) is 97.8 cm³/mol. The summed E-state index contributed by atoms with van der Waals surface area (Å²) in [5, 5.41) is 5.35. The van der Waals surface area contributed by atoms with E-state index in [0.717, 1.165) is 12.8 Å². The van der Waals surface area contributed by atoms with Crippen LogP contribution in [0.15, 0.2) is 23.7 Å². The first kappa shape index (κ1) is 17.4. The Hall–Kier alpha value is -2.41. The van der Waals surface area contributed by atoms with Crippen LogP contribution < -0.4 is 15.8 Å². The van der Waals surface area contributed by atoms with Crippen molar-refractivity contribution in [3.05, 3.63) is 29.3 Å². The molecule has 0 radical (unpaired) electrons. The smallest absolute Gasteiger partial charge is 0.249 e. The summed E-state index contributed by atoms with van der Waals surface area (Å²) in [6.45, 7) is 0. The van der Waals surface area contributed by atoms with Crippen molar-refractivity contribution in [2.75, 3.05) is 12.4 Å². The van der Waals surface area contributed by atoms with Gasteiger partial charge in [-0.3, -0.25) is 9.59 Å². The van der Waals surface area contributed by atoms with Crippen molar-refractivity contribution in [1.29, 1.82) is 0 Å². The molecule has 25 heavy (non-hydrogen) atoms. The lowest BCUT2D eigenvalue weighted by Crippen LogP contribution is -2.17. The molecule has 6 nitrogen and oxygen atoms in total. The molecule has 0 bridgehead atoms. The van der Waals surface area contributed by atoms with Crippen LogP contribution in [0.3, 0.4) is 0 Å². The number of thiazole rings is 1. The van der Waals surface area contributed by atoms with Crippen molar-refractivity contribution in [1.82, 2.24) is 4.98 Å². The van der Waals surface area contributed by atoms with Gasteiger partial charge in [0.25, 0.3) is 0 Å². The summed E-state index contributed by atoms with van der Waals surface area (Å²) in [5.74, 6) is 0.259. The third kappa shape index (κ3) is 3.82. The summed E-state index contributed by atoms with van der Waals surface area (Å²) >= 11 is 1.38. The van der Waals surface area contributed by atoms with Gasteiger partial charge in [0.15, 0.2) is 5.75 Å². The number of primary amides is 1. The first-order valence-corrected chi connectivity index (χ1v) is 9.18. The highest BCUT2D eigenvalue weighted by Crippen LogP contribution is 2.40. The van der Waals surface area contributed by atoms with Crippen LogP contribution in [0.4, 0.5) is 5.69 Å². The van der Waals surface area contributed by atoms with Gasteiger partial charge >= 0.3 is 0 Å². The molecule has 1 fully saturated rings. The van der Waals surface area contributed by atoms with Gasteiger partial charge in [0.05, 0.1) is 23.9 Å². The lowest BCUT2D eigenvalue weighted by molar-refractivity contribution is -0.117. The fraction of sp³-hybridized carbons (Fsp3) is 0.389. The molecule has 0 spiro atoms. The molecule has 1 aliphatic rings. The van der Waals surface area contributed by atoms with Crippen LogP contribution in [-0.2, 0) is 4.79 Å². The van der Waals surface area contributed by atoms with Crippen molar-refractivity contribution in [2.24, 2.45) is 11.7 Å². The summed E-state index contributed by atoms with van der Waals surface area (Å²) in [4.78, 5) is 28.4. The minimum Gasteiger partial charge on any atom is -0.494 e. The van der Waals surface area contributed by atoms with Gasteiger partial charge < -0.3 is 15.8 Å². The summed E-state index contributed by atoms with van der Waals surface area (Å²) in [5.41, 5.74) is 6.87. The summed E-state index contributed by atoms with van der Waals surface area (Å²) in [7, 11) is 1.50. The average molecular weight is 359 g/mol. The number of nitrogens with one attached hydrogen (secondary N) is 1. The molecule has 3 rings (SSSR count). The first-order valence-electron chi connectivity index (χ1n) is 8.30. The second-order valence-corrected chi connectivity index (χ2v) is 7.07. The number of aromatic nitrogens is 1. The highest BCUT2D eigenvalue weighted by atomic mass is 32.1. The van der Waals surface area contributed by atoms with E-state index in [0.29, 0.717) is 39.9 Å². The first-order chi connectivity index (χ1) is 12.1. The maximum Gasteiger partial charge on any atom is 0.249 e. The summed E-state index contributed by atoms with van der Waals surface area (Å²) in [6, 6.07) is 3.26. The number of nitrogens with zero attached hydrogens (tertiary/aromatic N) is 1. The van der Waals surface area contributed by atoms with Gasteiger partial charge in [-0.25, -0.2) is 4.98 Å². The molecule has 0 saturated heterocycles. The van der Waals surface area contributed by atoms with Gasteiger partial charge in [-0.2, -0.15) is 0 Å². The van der Waals surface area contributed by atoms with Crippen LogP contribution in [0.2, 0.25) is 0 Å².